The molecule has 3 heterocycles. The fourth-order valence-corrected chi connectivity index (χ4v) is 3.21. The van der Waals surface area contributed by atoms with Gasteiger partial charge >= 0.3 is 6.18 Å². The number of nitrogens with zero attached hydrogens (tertiary/aromatic N) is 2. The van der Waals surface area contributed by atoms with E-state index in [4.69, 9.17) is 0 Å². The average molecular weight is 431 g/mol. The highest BCUT2D eigenvalue weighted by Gasteiger charge is 2.32. The summed E-state index contributed by atoms with van der Waals surface area (Å²) in [5, 5.41) is 15.4. The van der Waals surface area contributed by atoms with Gasteiger partial charge in [-0.1, -0.05) is 0 Å². The van der Waals surface area contributed by atoms with Gasteiger partial charge in [0, 0.05) is 31.9 Å². The standard InChI is InChI=1S/C16H21F3N4O2.2ClH/c17-16(18,19)10-1-2-14(21-8-10)23-5-3-11(4-6-23)22-15(25)13-7-12(24)9-20-13;;/h1-2,8,11-13,20,24H,3-7,9H2,(H,22,25);2*1H. The molecule has 0 aromatic carbocycles. The van der Waals surface area contributed by atoms with Crippen LogP contribution in [-0.2, 0) is 11.0 Å². The zero-order valence-corrected chi connectivity index (χ0v) is 16.0. The van der Waals surface area contributed by atoms with Crippen LogP contribution in [0.15, 0.2) is 18.3 Å². The van der Waals surface area contributed by atoms with Crippen LogP contribution >= 0.6 is 24.8 Å². The summed E-state index contributed by atoms with van der Waals surface area (Å²) in [7, 11) is 0. The molecule has 3 N–H and O–H groups in total. The van der Waals surface area contributed by atoms with Gasteiger partial charge in [0.05, 0.1) is 17.7 Å². The number of aliphatic hydroxyl groups excluding tert-OH is 1. The van der Waals surface area contributed by atoms with Crippen LogP contribution in [0.25, 0.3) is 0 Å². The van der Waals surface area contributed by atoms with Crippen molar-refractivity contribution in [1.82, 2.24) is 15.6 Å². The molecule has 2 unspecified atom stereocenters. The molecule has 1 amide bonds. The van der Waals surface area contributed by atoms with E-state index in [0.29, 0.717) is 44.7 Å². The molecule has 2 fully saturated rings. The Morgan fingerprint density at radius 3 is 2.41 bits per heavy atom. The Morgan fingerprint density at radius 2 is 1.93 bits per heavy atom. The molecule has 0 saturated carbocycles. The number of carbonyl (C=O) groups excluding carboxylic acids is 1. The Labute approximate surface area is 167 Å². The van der Waals surface area contributed by atoms with Crippen LogP contribution in [0.1, 0.15) is 24.8 Å². The second kappa shape index (κ2) is 9.77. The molecule has 1 aromatic heterocycles. The van der Waals surface area contributed by atoms with E-state index in [0.717, 1.165) is 12.3 Å². The molecule has 11 heteroatoms. The first kappa shape index (κ1) is 23.7. The van der Waals surface area contributed by atoms with Crippen LogP contribution in [0.5, 0.6) is 0 Å². The maximum absolute atomic E-state index is 12.6. The Balaban J connectivity index is 0.00000182. The van der Waals surface area contributed by atoms with Gasteiger partial charge in [-0.3, -0.25) is 4.79 Å². The second-order valence-electron chi connectivity index (χ2n) is 6.52. The molecule has 0 bridgehead atoms. The third kappa shape index (κ3) is 6.10. The summed E-state index contributed by atoms with van der Waals surface area (Å²) in [5.41, 5.74) is -0.760. The highest BCUT2D eigenvalue weighted by atomic mass is 35.5. The van der Waals surface area contributed by atoms with Gasteiger partial charge < -0.3 is 20.6 Å². The summed E-state index contributed by atoms with van der Waals surface area (Å²) in [4.78, 5) is 17.9. The van der Waals surface area contributed by atoms with Crippen LogP contribution in [0.2, 0.25) is 0 Å². The predicted molar refractivity (Wildman–Crippen MR) is 99.5 cm³/mol. The molecular weight excluding hydrogens is 408 g/mol. The quantitative estimate of drug-likeness (QED) is 0.680. The summed E-state index contributed by atoms with van der Waals surface area (Å²) in [6.45, 7) is 1.66. The Kier molecular flexibility index (Phi) is 8.59. The number of amides is 1. The van der Waals surface area contributed by atoms with Crippen LogP contribution in [-0.4, -0.2) is 53.8 Å². The molecule has 2 aliphatic heterocycles. The third-order valence-corrected chi connectivity index (χ3v) is 4.66. The van der Waals surface area contributed by atoms with Crippen molar-refractivity contribution in [2.75, 3.05) is 24.5 Å². The molecular formula is C16H23Cl2F3N4O2. The Morgan fingerprint density at radius 1 is 1.26 bits per heavy atom. The van der Waals surface area contributed by atoms with Gasteiger partial charge in [-0.2, -0.15) is 13.2 Å². The first-order valence-corrected chi connectivity index (χ1v) is 8.33. The molecule has 27 heavy (non-hydrogen) atoms. The van der Waals surface area contributed by atoms with Crippen molar-refractivity contribution in [2.24, 2.45) is 0 Å². The van der Waals surface area contributed by atoms with Crippen molar-refractivity contribution >= 4 is 36.5 Å². The molecule has 0 spiro atoms. The van der Waals surface area contributed by atoms with Gasteiger partial charge in [-0.05, 0) is 31.4 Å². The molecule has 0 radical (unpaired) electrons. The highest BCUT2D eigenvalue weighted by Crippen LogP contribution is 2.29. The monoisotopic (exact) mass is 430 g/mol. The number of hydrogen-bond acceptors (Lipinski definition) is 5. The third-order valence-electron chi connectivity index (χ3n) is 4.66. The fraction of sp³-hybridized carbons (Fsp3) is 0.625. The zero-order valence-electron chi connectivity index (χ0n) is 14.4. The largest absolute Gasteiger partial charge is 0.417 e. The minimum absolute atomic E-state index is 0. The van der Waals surface area contributed by atoms with Crippen LogP contribution in [0.4, 0.5) is 19.0 Å². The fourth-order valence-electron chi connectivity index (χ4n) is 3.21. The number of anilines is 1. The van der Waals surface area contributed by atoms with Gasteiger partial charge in [0.25, 0.3) is 0 Å². The van der Waals surface area contributed by atoms with Crippen LogP contribution in [0, 0.1) is 0 Å². The van der Waals surface area contributed by atoms with Gasteiger partial charge in [0.15, 0.2) is 0 Å². The summed E-state index contributed by atoms with van der Waals surface area (Å²) >= 11 is 0. The zero-order chi connectivity index (χ0) is 18.0. The van der Waals surface area contributed by atoms with E-state index in [2.05, 4.69) is 15.6 Å². The molecule has 0 aliphatic carbocycles. The Hall–Kier alpha value is -1.29. The smallest absolute Gasteiger partial charge is 0.392 e. The molecule has 2 atom stereocenters. The van der Waals surface area contributed by atoms with E-state index in [1.54, 1.807) is 0 Å². The average Bonchev–Trinajstić information content (AvgIpc) is 3.02. The molecule has 6 nitrogen and oxygen atoms in total. The highest BCUT2D eigenvalue weighted by molar-refractivity contribution is 5.85. The summed E-state index contributed by atoms with van der Waals surface area (Å²) < 4.78 is 37.7. The van der Waals surface area contributed by atoms with E-state index in [1.165, 1.54) is 6.07 Å². The lowest BCUT2D eigenvalue weighted by Crippen LogP contribution is -2.49. The maximum atomic E-state index is 12.6. The van der Waals surface area contributed by atoms with Gasteiger partial charge in [-0.15, -0.1) is 24.8 Å². The van der Waals surface area contributed by atoms with E-state index in [9.17, 15) is 23.1 Å². The minimum atomic E-state index is -4.38. The van der Waals surface area contributed by atoms with E-state index < -0.39 is 17.8 Å². The molecule has 2 aliphatic rings. The number of nitrogens with one attached hydrogen (secondary N) is 2. The first-order chi connectivity index (χ1) is 11.8. The number of β-amino-alcohol motifs (C(OH)–C–C–N with tert-alkyl or cyclic N) is 1. The minimum Gasteiger partial charge on any atom is -0.392 e. The van der Waals surface area contributed by atoms with Crippen molar-refractivity contribution in [3.05, 3.63) is 23.9 Å². The number of aromatic nitrogens is 1. The van der Waals surface area contributed by atoms with Crippen molar-refractivity contribution in [3.8, 4) is 0 Å². The SMILES string of the molecule is Cl.Cl.O=C(NC1CCN(c2ccc(C(F)(F)F)cn2)CC1)C1CC(O)CN1. The van der Waals surface area contributed by atoms with Gasteiger partial charge in [0.1, 0.15) is 5.82 Å². The normalized spacial score (nSPS) is 23.3. The lowest BCUT2D eigenvalue weighted by atomic mass is 10.0. The lowest BCUT2D eigenvalue weighted by Gasteiger charge is -2.33. The Bertz CT molecular complexity index is 611. The number of hydrogen-bond donors (Lipinski definition) is 3. The summed E-state index contributed by atoms with van der Waals surface area (Å²) in [6, 6.07) is 2.08. The summed E-state index contributed by atoms with van der Waals surface area (Å²) in [6.07, 6.45) is -2.21. The van der Waals surface area contributed by atoms with Crippen molar-refractivity contribution < 1.29 is 23.1 Å². The number of aliphatic hydroxyl groups is 1. The number of alkyl halides is 3. The van der Waals surface area contributed by atoms with Crippen LogP contribution < -0.4 is 15.5 Å². The van der Waals surface area contributed by atoms with Crippen molar-refractivity contribution in [3.63, 3.8) is 0 Å². The van der Waals surface area contributed by atoms with Crippen molar-refractivity contribution in [2.45, 2.75) is 43.6 Å². The molecule has 2 saturated heterocycles. The number of halogens is 5. The number of piperidine rings is 1. The van der Waals surface area contributed by atoms with Crippen molar-refractivity contribution in [1.29, 1.82) is 0 Å². The number of rotatable bonds is 3. The predicted octanol–water partition coefficient (Wildman–Crippen LogP) is 1.75. The summed E-state index contributed by atoms with van der Waals surface area (Å²) in [5.74, 6) is 0.404. The molecule has 1 aromatic rings. The molecule has 3 rings (SSSR count). The van der Waals surface area contributed by atoms with Gasteiger partial charge in [-0.25, -0.2) is 4.98 Å². The second-order valence-corrected chi connectivity index (χ2v) is 6.52. The van der Waals surface area contributed by atoms with Crippen LogP contribution in [0.3, 0.4) is 0 Å². The van der Waals surface area contributed by atoms with Gasteiger partial charge in [0.2, 0.25) is 5.91 Å². The first-order valence-electron chi connectivity index (χ1n) is 8.33. The topological polar surface area (TPSA) is 77.5 Å². The number of carbonyl (C=O) groups is 1. The number of pyridine rings is 1. The van der Waals surface area contributed by atoms with E-state index in [-0.39, 0.29) is 42.8 Å². The lowest BCUT2D eigenvalue weighted by molar-refractivity contribution is -0.137. The van der Waals surface area contributed by atoms with E-state index >= 15 is 0 Å². The maximum Gasteiger partial charge on any atom is 0.417 e. The van der Waals surface area contributed by atoms with E-state index in [1.807, 2.05) is 4.90 Å². The molecule has 154 valence electrons.